The first kappa shape index (κ1) is 18.8. The minimum atomic E-state index is 0.561. The number of nitrogens with zero attached hydrogens (tertiary/aromatic N) is 4. The molecule has 2 aromatic heterocycles. The van der Waals surface area contributed by atoms with Crippen LogP contribution in [-0.2, 0) is 0 Å². The largest absolute Gasteiger partial charge is 0.476 e. The third kappa shape index (κ3) is 3.94. The van der Waals surface area contributed by atoms with Gasteiger partial charge in [-0.25, -0.2) is 9.50 Å². The Bertz CT molecular complexity index is 1140. The first-order chi connectivity index (χ1) is 14.8. The van der Waals surface area contributed by atoms with Crippen LogP contribution in [0.15, 0.2) is 72.9 Å². The van der Waals surface area contributed by atoms with E-state index in [4.69, 9.17) is 9.84 Å². The van der Waals surface area contributed by atoms with Crippen LogP contribution in [0.5, 0.6) is 5.88 Å². The van der Waals surface area contributed by atoms with E-state index in [-0.39, 0.29) is 0 Å². The molecule has 0 N–H and O–H groups in total. The van der Waals surface area contributed by atoms with Crippen molar-refractivity contribution in [2.45, 2.75) is 12.8 Å². The monoisotopic (exact) mass is 398 g/mol. The lowest BCUT2D eigenvalue weighted by atomic mass is 10.00. The predicted molar refractivity (Wildman–Crippen MR) is 120 cm³/mol. The van der Waals surface area contributed by atoms with Crippen molar-refractivity contribution >= 4 is 5.65 Å². The van der Waals surface area contributed by atoms with Gasteiger partial charge in [-0.3, -0.25) is 0 Å². The molecular weight excluding hydrogens is 372 g/mol. The van der Waals surface area contributed by atoms with Gasteiger partial charge in [0, 0.05) is 24.1 Å². The van der Waals surface area contributed by atoms with Crippen LogP contribution in [0.4, 0.5) is 0 Å². The van der Waals surface area contributed by atoms with E-state index in [1.165, 1.54) is 30.5 Å². The Balaban J connectivity index is 1.41. The van der Waals surface area contributed by atoms with Crippen molar-refractivity contribution in [2.75, 3.05) is 26.7 Å². The van der Waals surface area contributed by atoms with Gasteiger partial charge in [0.1, 0.15) is 0 Å². The number of benzene rings is 2. The van der Waals surface area contributed by atoms with Crippen LogP contribution >= 0.6 is 0 Å². The van der Waals surface area contributed by atoms with E-state index in [2.05, 4.69) is 65.5 Å². The van der Waals surface area contributed by atoms with Crippen LogP contribution in [0.3, 0.4) is 0 Å². The second kappa shape index (κ2) is 8.28. The Labute approximate surface area is 176 Å². The van der Waals surface area contributed by atoms with Crippen LogP contribution in [0.2, 0.25) is 0 Å². The fourth-order valence-corrected chi connectivity index (χ4v) is 4.23. The molecule has 1 aliphatic heterocycles. The molecule has 0 aliphatic carbocycles. The van der Waals surface area contributed by atoms with Crippen LogP contribution in [0.1, 0.15) is 12.8 Å². The quantitative estimate of drug-likeness (QED) is 0.485. The van der Waals surface area contributed by atoms with Gasteiger partial charge in [-0.15, -0.1) is 5.10 Å². The highest BCUT2D eigenvalue weighted by molar-refractivity contribution is 5.72. The smallest absolute Gasteiger partial charge is 0.231 e. The van der Waals surface area contributed by atoms with Gasteiger partial charge in [0.2, 0.25) is 5.88 Å². The summed E-state index contributed by atoms with van der Waals surface area (Å²) in [6.45, 7) is 2.97. The van der Waals surface area contributed by atoms with Crippen molar-refractivity contribution < 1.29 is 4.74 Å². The van der Waals surface area contributed by atoms with Gasteiger partial charge in [0.25, 0.3) is 0 Å². The molecule has 152 valence electrons. The minimum absolute atomic E-state index is 0.561. The zero-order valence-electron chi connectivity index (χ0n) is 17.2. The van der Waals surface area contributed by atoms with E-state index >= 15 is 0 Å². The Kier molecular flexibility index (Phi) is 5.20. The van der Waals surface area contributed by atoms with E-state index < -0.39 is 0 Å². The zero-order valence-corrected chi connectivity index (χ0v) is 17.2. The van der Waals surface area contributed by atoms with E-state index in [1.807, 2.05) is 28.9 Å². The van der Waals surface area contributed by atoms with Gasteiger partial charge in [0.05, 0.1) is 18.5 Å². The Morgan fingerprint density at radius 1 is 0.967 bits per heavy atom. The van der Waals surface area contributed by atoms with Gasteiger partial charge in [-0.1, -0.05) is 48.5 Å². The van der Waals surface area contributed by atoms with Crippen LogP contribution in [0, 0.1) is 5.92 Å². The second-order valence-electron chi connectivity index (χ2n) is 8.11. The SMILES string of the molecule is CN1CCCC(COc2ccc3ncc(-c4cccc(-c5ccccc5)c4)n3n2)C1. The number of rotatable bonds is 5. The number of imidazole rings is 1. The van der Waals surface area contributed by atoms with Crippen molar-refractivity contribution in [3.05, 3.63) is 72.9 Å². The van der Waals surface area contributed by atoms with E-state index in [1.54, 1.807) is 0 Å². The lowest BCUT2D eigenvalue weighted by molar-refractivity contribution is 0.146. The lowest BCUT2D eigenvalue weighted by Crippen LogP contribution is -2.34. The molecule has 0 radical (unpaired) electrons. The summed E-state index contributed by atoms with van der Waals surface area (Å²) in [5, 5.41) is 4.74. The average Bonchev–Trinajstić information content (AvgIpc) is 3.22. The maximum Gasteiger partial charge on any atom is 0.231 e. The first-order valence-electron chi connectivity index (χ1n) is 10.6. The molecule has 1 fully saturated rings. The summed E-state index contributed by atoms with van der Waals surface area (Å²) in [6.07, 6.45) is 4.34. The highest BCUT2D eigenvalue weighted by atomic mass is 16.5. The second-order valence-corrected chi connectivity index (χ2v) is 8.11. The highest BCUT2D eigenvalue weighted by Gasteiger charge is 2.18. The van der Waals surface area contributed by atoms with Gasteiger partial charge in [-0.2, -0.15) is 0 Å². The number of hydrogen-bond acceptors (Lipinski definition) is 4. The normalized spacial score (nSPS) is 17.3. The zero-order chi connectivity index (χ0) is 20.3. The third-order valence-corrected chi connectivity index (χ3v) is 5.79. The highest BCUT2D eigenvalue weighted by Crippen LogP contribution is 2.27. The summed E-state index contributed by atoms with van der Waals surface area (Å²) in [5.41, 5.74) is 5.24. The van der Waals surface area contributed by atoms with Gasteiger partial charge in [0.15, 0.2) is 5.65 Å². The molecule has 5 rings (SSSR count). The third-order valence-electron chi connectivity index (χ3n) is 5.79. The van der Waals surface area contributed by atoms with Crippen LogP contribution in [-0.4, -0.2) is 46.2 Å². The molecule has 1 aliphatic rings. The Morgan fingerprint density at radius 3 is 2.67 bits per heavy atom. The summed E-state index contributed by atoms with van der Waals surface area (Å²) in [6, 6.07) is 22.8. The summed E-state index contributed by atoms with van der Waals surface area (Å²) in [5.74, 6) is 1.21. The predicted octanol–water partition coefficient (Wildman–Crippen LogP) is 4.78. The maximum absolute atomic E-state index is 6.07. The molecule has 0 bridgehead atoms. The van der Waals surface area contributed by atoms with Crippen molar-refractivity contribution in [2.24, 2.45) is 5.92 Å². The molecule has 0 spiro atoms. The molecule has 1 unspecified atom stereocenters. The molecular formula is C25H26N4O. The van der Waals surface area contributed by atoms with Crippen LogP contribution < -0.4 is 4.74 Å². The summed E-state index contributed by atoms with van der Waals surface area (Å²) in [4.78, 5) is 6.91. The molecule has 1 saturated heterocycles. The fourth-order valence-electron chi connectivity index (χ4n) is 4.23. The van der Waals surface area contributed by atoms with E-state index in [0.717, 1.165) is 23.4 Å². The van der Waals surface area contributed by atoms with Gasteiger partial charge in [-0.05, 0) is 49.7 Å². The summed E-state index contributed by atoms with van der Waals surface area (Å²) in [7, 11) is 2.18. The number of fused-ring (bicyclic) bond motifs is 1. The molecule has 3 heterocycles. The maximum atomic E-state index is 6.07. The molecule has 4 aromatic rings. The van der Waals surface area contributed by atoms with E-state index in [9.17, 15) is 0 Å². The summed E-state index contributed by atoms with van der Waals surface area (Å²) < 4.78 is 7.95. The molecule has 0 saturated carbocycles. The Hall–Kier alpha value is -3.18. The lowest BCUT2D eigenvalue weighted by Gasteiger charge is -2.29. The molecule has 2 aromatic carbocycles. The van der Waals surface area contributed by atoms with E-state index in [0.29, 0.717) is 18.4 Å². The fraction of sp³-hybridized carbons (Fsp3) is 0.280. The number of likely N-dealkylation sites (tertiary alicyclic amines) is 1. The number of ether oxygens (including phenoxy) is 1. The minimum Gasteiger partial charge on any atom is -0.476 e. The summed E-state index contributed by atoms with van der Waals surface area (Å²) >= 11 is 0. The standard InChI is InChI=1S/C25H26N4O/c1-28-14-6-7-19(17-28)18-30-25-13-12-24-26-16-23(29(24)27-25)22-11-5-10-21(15-22)20-8-3-2-4-9-20/h2-5,8-13,15-16,19H,6-7,14,17-18H2,1H3. The van der Waals surface area contributed by atoms with Crippen LogP contribution in [0.25, 0.3) is 28.0 Å². The molecule has 30 heavy (non-hydrogen) atoms. The molecule has 1 atom stereocenters. The number of piperidine rings is 1. The molecule has 0 amide bonds. The number of hydrogen-bond donors (Lipinski definition) is 0. The van der Waals surface area contributed by atoms with Crippen molar-refractivity contribution in [3.63, 3.8) is 0 Å². The average molecular weight is 399 g/mol. The molecule has 5 nitrogen and oxygen atoms in total. The first-order valence-corrected chi connectivity index (χ1v) is 10.6. The Morgan fingerprint density at radius 2 is 1.80 bits per heavy atom. The topological polar surface area (TPSA) is 42.7 Å². The van der Waals surface area contributed by atoms with Gasteiger partial charge >= 0.3 is 0 Å². The molecule has 5 heteroatoms. The van der Waals surface area contributed by atoms with Gasteiger partial charge < -0.3 is 9.64 Å². The van der Waals surface area contributed by atoms with Crippen molar-refractivity contribution in [1.29, 1.82) is 0 Å². The van der Waals surface area contributed by atoms with Crippen molar-refractivity contribution in [3.8, 4) is 28.3 Å². The van der Waals surface area contributed by atoms with Crippen molar-refractivity contribution in [1.82, 2.24) is 19.5 Å². The number of aromatic nitrogens is 3.